The molecule has 0 N–H and O–H groups in total. The van der Waals surface area contributed by atoms with E-state index in [1.807, 2.05) is 113 Å². The summed E-state index contributed by atoms with van der Waals surface area (Å²) in [5, 5.41) is 0. The number of benzene rings is 3. The van der Waals surface area contributed by atoms with Crippen LogP contribution in [-0.4, -0.2) is 23.9 Å². The lowest BCUT2D eigenvalue weighted by Crippen LogP contribution is -2.80. The number of carbonyl (C=O) groups excluding carboxylic acids is 3. The van der Waals surface area contributed by atoms with E-state index in [4.69, 9.17) is 0 Å². The predicted molar refractivity (Wildman–Crippen MR) is 140 cm³/mol. The first-order valence-corrected chi connectivity index (χ1v) is 12.3. The maximum atomic E-state index is 14.8. The Bertz CT molecular complexity index is 1430. The number of β-lactam (4-membered cyclic amide) rings is 2. The molecule has 0 unspecified atom stereocenters. The molecular weight excluding hydrogens is 450 g/mol. The Morgan fingerprint density at radius 3 is 1.86 bits per heavy atom. The van der Waals surface area contributed by atoms with Gasteiger partial charge in [0, 0.05) is 16.9 Å². The highest BCUT2D eigenvalue weighted by molar-refractivity contribution is 6.25. The molecule has 3 amide bonds. The maximum absolute atomic E-state index is 14.8. The van der Waals surface area contributed by atoms with Gasteiger partial charge < -0.3 is 0 Å². The van der Waals surface area contributed by atoms with Gasteiger partial charge in [0.15, 0.2) is 5.54 Å². The molecule has 0 radical (unpaired) electrons. The van der Waals surface area contributed by atoms with Gasteiger partial charge in [0.05, 0.1) is 16.5 Å². The van der Waals surface area contributed by atoms with Crippen LogP contribution < -0.4 is 14.7 Å². The fourth-order valence-electron chi connectivity index (χ4n) is 6.39. The van der Waals surface area contributed by atoms with E-state index in [-0.39, 0.29) is 17.7 Å². The molecule has 2 saturated heterocycles. The summed E-state index contributed by atoms with van der Waals surface area (Å²) >= 11 is 0. The highest BCUT2D eigenvalue weighted by Gasteiger charge is 2.77. The van der Waals surface area contributed by atoms with Gasteiger partial charge in [-0.05, 0) is 65.0 Å². The Labute approximate surface area is 211 Å². The number of hydrogen-bond acceptors (Lipinski definition) is 3. The molecule has 3 heterocycles. The van der Waals surface area contributed by atoms with Gasteiger partial charge in [0.25, 0.3) is 5.91 Å². The van der Waals surface area contributed by atoms with Gasteiger partial charge in [-0.25, -0.2) is 0 Å². The molecule has 182 valence electrons. The summed E-state index contributed by atoms with van der Waals surface area (Å²) in [6.45, 7) is 9.48. The number of amides is 3. The number of carbonyl (C=O) groups is 3. The van der Waals surface area contributed by atoms with Crippen molar-refractivity contribution < 1.29 is 14.4 Å². The summed E-state index contributed by atoms with van der Waals surface area (Å²) < 4.78 is 0. The van der Waals surface area contributed by atoms with Gasteiger partial charge >= 0.3 is 0 Å². The minimum atomic E-state index is -1.20. The third-order valence-corrected chi connectivity index (χ3v) is 8.26. The van der Waals surface area contributed by atoms with Crippen molar-refractivity contribution in [3.8, 4) is 0 Å². The van der Waals surface area contributed by atoms with Crippen LogP contribution >= 0.6 is 0 Å². The second kappa shape index (κ2) is 7.06. The van der Waals surface area contributed by atoms with Crippen molar-refractivity contribution in [2.75, 3.05) is 14.7 Å². The molecular formula is C30H29N3O3. The summed E-state index contributed by atoms with van der Waals surface area (Å²) in [6, 6.07) is 24.8. The van der Waals surface area contributed by atoms with Crippen molar-refractivity contribution in [3.05, 3.63) is 90.0 Å². The molecule has 0 aliphatic carbocycles. The molecule has 3 aliphatic heterocycles. The molecule has 3 aromatic carbocycles. The van der Waals surface area contributed by atoms with E-state index >= 15 is 0 Å². The molecule has 3 aromatic rings. The van der Waals surface area contributed by atoms with E-state index in [0.717, 1.165) is 22.5 Å². The zero-order chi connectivity index (χ0) is 25.6. The SMILES string of the molecule is Cc1ccc2c(c1)[C@]1(C(=O)N2[C@@H]2N(c3ccccc3)C(=O)C2(C)C)N(c2ccccc2)C(=O)C1(C)C. The number of aryl methyl sites for hydroxylation is 1. The van der Waals surface area contributed by atoms with Crippen LogP contribution in [0, 0.1) is 17.8 Å². The largest absolute Gasteiger partial charge is 0.291 e. The first-order valence-electron chi connectivity index (χ1n) is 12.3. The summed E-state index contributed by atoms with van der Waals surface area (Å²) in [6.07, 6.45) is -0.523. The zero-order valence-electron chi connectivity index (χ0n) is 21.1. The molecule has 2 fully saturated rings. The minimum absolute atomic E-state index is 0.0371. The topological polar surface area (TPSA) is 60.9 Å². The number of rotatable bonds is 3. The minimum Gasteiger partial charge on any atom is -0.291 e. The fraction of sp³-hybridized carbons (Fsp3) is 0.300. The molecule has 1 spiro atoms. The van der Waals surface area contributed by atoms with Crippen LogP contribution in [0.5, 0.6) is 0 Å². The van der Waals surface area contributed by atoms with Crippen LogP contribution in [-0.2, 0) is 19.9 Å². The van der Waals surface area contributed by atoms with Crippen molar-refractivity contribution in [2.45, 2.75) is 46.3 Å². The Balaban J connectivity index is 1.58. The normalized spacial score (nSPS) is 25.6. The van der Waals surface area contributed by atoms with Gasteiger partial charge in [-0.1, -0.05) is 54.1 Å². The quantitative estimate of drug-likeness (QED) is 0.496. The van der Waals surface area contributed by atoms with Crippen molar-refractivity contribution in [2.24, 2.45) is 10.8 Å². The molecule has 36 heavy (non-hydrogen) atoms. The van der Waals surface area contributed by atoms with E-state index in [2.05, 4.69) is 0 Å². The monoisotopic (exact) mass is 479 g/mol. The van der Waals surface area contributed by atoms with E-state index in [0.29, 0.717) is 5.69 Å². The predicted octanol–water partition coefficient (Wildman–Crippen LogP) is 5.01. The van der Waals surface area contributed by atoms with E-state index in [9.17, 15) is 14.4 Å². The summed E-state index contributed by atoms with van der Waals surface area (Å²) in [5.74, 6) is -0.312. The number of fused-ring (bicyclic) bond motifs is 2. The molecule has 0 bridgehead atoms. The van der Waals surface area contributed by atoms with Gasteiger partial charge in [-0.15, -0.1) is 0 Å². The Morgan fingerprint density at radius 1 is 0.667 bits per heavy atom. The Hall–Kier alpha value is -3.93. The lowest BCUT2D eigenvalue weighted by molar-refractivity contribution is -0.154. The molecule has 6 rings (SSSR count). The smallest absolute Gasteiger partial charge is 0.260 e. The van der Waals surface area contributed by atoms with Crippen molar-refractivity contribution in [1.29, 1.82) is 0 Å². The molecule has 3 aliphatic rings. The summed E-state index contributed by atoms with van der Waals surface area (Å²) in [7, 11) is 0. The first-order chi connectivity index (χ1) is 17.1. The van der Waals surface area contributed by atoms with Gasteiger partial charge in [0.2, 0.25) is 11.8 Å². The number of anilines is 3. The Kier molecular flexibility index (Phi) is 4.42. The standard InChI is InChI=1S/C30H29N3O3/c1-19-16-17-23-22(18-19)30(29(4,5)26(35)33(30)21-14-10-7-11-15-21)27(36)32(23)24-28(2,3)25(34)31(24)20-12-8-6-9-13-20/h6-18,24H,1-5H3/t24-,30+/m0/s1. The van der Waals surface area contributed by atoms with Gasteiger partial charge in [0.1, 0.15) is 6.17 Å². The van der Waals surface area contributed by atoms with E-state index < -0.39 is 22.5 Å². The van der Waals surface area contributed by atoms with Crippen molar-refractivity contribution >= 4 is 34.8 Å². The molecule has 2 atom stereocenters. The average molecular weight is 480 g/mol. The van der Waals surface area contributed by atoms with E-state index in [1.165, 1.54) is 0 Å². The number of para-hydroxylation sites is 2. The number of nitrogens with zero attached hydrogens (tertiary/aromatic N) is 3. The fourth-order valence-corrected chi connectivity index (χ4v) is 6.39. The summed E-state index contributed by atoms with van der Waals surface area (Å²) in [5.41, 5.74) is 1.04. The van der Waals surface area contributed by atoms with Gasteiger partial charge in [-0.3, -0.25) is 29.1 Å². The molecule has 0 aromatic heterocycles. The molecule has 0 saturated carbocycles. The van der Waals surface area contributed by atoms with E-state index in [1.54, 1.807) is 14.7 Å². The van der Waals surface area contributed by atoms with Crippen molar-refractivity contribution in [1.82, 2.24) is 0 Å². The lowest BCUT2D eigenvalue weighted by atomic mass is 9.59. The number of hydrogen-bond donors (Lipinski definition) is 0. The molecule has 6 heteroatoms. The second-order valence-corrected chi connectivity index (χ2v) is 11.1. The van der Waals surface area contributed by atoms with Crippen LogP contribution in [0.25, 0.3) is 0 Å². The zero-order valence-corrected chi connectivity index (χ0v) is 21.1. The van der Waals surface area contributed by atoms with Crippen LogP contribution in [0.3, 0.4) is 0 Å². The second-order valence-electron chi connectivity index (χ2n) is 11.1. The summed E-state index contributed by atoms with van der Waals surface area (Å²) in [4.78, 5) is 46.9. The lowest BCUT2D eigenvalue weighted by Gasteiger charge is -2.61. The highest BCUT2D eigenvalue weighted by Crippen LogP contribution is 2.64. The van der Waals surface area contributed by atoms with Crippen LogP contribution in [0.4, 0.5) is 17.1 Å². The van der Waals surface area contributed by atoms with Crippen LogP contribution in [0.1, 0.15) is 38.8 Å². The maximum Gasteiger partial charge on any atom is 0.260 e. The molecule has 6 nitrogen and oxygen atoms in total. The highest BCUT2D eigenvalue weighted by atomic mass is 16.2. The Morgan fingerprint density at radius 2 is 1.25 bits per heavy atom. The van der Waals surface area contributed by atoms with Gasteiger partial charge in [-0.2, -0.15) is 0 Å². The average Bonchev–Trinajstić information content (AvgIpc) is 3.12. The first kappa shape index (κ1) is 22.5. The third-order valence-electron chi connectivity index (χ3n) is 8.26. The van der Waals surface area contributed by atoms with Crippen LogP contribution in [0.2, 0.25) is 0 Å². The van der Waals surface area contributed by atoms with Crippen molar-refractivity contribution in [3.63, 3.8) is 0 Å². The van der Waals surface area contributed by atoms with Crippen LogP contribution in [0.15, 0.2) is 78.9 Å². The third kappa shape index (κ3) is 2.44.